The van der Waals surface area contributed by atoms with Crippen molar-refractivity contribution in [1.29, 1.82) is 0 Å². The SMILES string of the molecule is CN1CCN(C(O)N(Cc2ccc(C(=O)NN)cc2F)c2ccc(F)c(Cl)c2)CC1. The Balaban J connectivity index is 1.91. The molecule has 0 radical (unpaired) electrons. The highest BCUT2D eigenvalue weighted by atomic mass is 35.5. The number of aliphatic hydroxyl groups excluding tert-OH is 1. The highest BCUT2D eigenvalue weighted by molar-refractivity contribution is 6.31. The van der Waals surface area contributed by atoms with Gasteiger partial charge in [-0.15, -0.1) is 0 Å². The molecule has 10 heteroatoms. The first-order valence-corrected chi connectivity index (χ1v) is 9.79. The third kappa shape index (κ3) is 5.05. The first-order valence-electron chi connectivity index (χ1n) is 9.42. The number of nitrogen functional groups attached to an aromatic ring is 1. The number of carbonyl (C=O) groups is 1. The second-order valence-electron chi connectivity index (χ2n) is 7.19. The van der Waals surface area contributed by atoms with E-state index >= 15 is 0 Å². The van der Waals surface area contributed by atoms with Crippen LogP contribution in [0.4, 0.5) is 14.5 Å². The predicted octanol–water partition coefficient (Wildman–Crippen LogP) is 1.75. The van der Waals surface area contributed by atoms with Crippen LogP contribution in [0, 0.1) is 11.6 Å². The summed E-state index contributed by atoms with van der Waals surface area (Å²) in [6.07, 6.45) is -1.08. The van der Waals surface area contributed by atoms with E-state index in [-0.39, 0.29) is 22.7 Å². The summed E-state index contributed by atoms with van der Waals surface area (Å²) >= 11 is 5.94. The van der Waals surface area contributed by atoms with E-state index in [1.807, 2.05) is 17.4 Å². The average molecular weight is 440 g/mol. The summed E-state index contributed by atoms with van der Waals surface area (Å²) in [6.45, 7) is 2.74. The van der Waals surface area contributed by atoms with Crippen molar-refractivity contribution < 1.29 is 18.7 Å². The summed E-state index contributed by atoms with van der Waals surface area (Å²) in [6, 6.07) is 8.05. The van der Waals surface area contributed by atoms with Crippen LogP contribution >= 0.6 is 11.6 Å². The van der Waals surface area contributed by atoms with Crippen LogP contribution in [0.5, 0.6) is 0 Å². The smallest absolute Gasteiger partial charge is 0.265 e. The number of nitrogens with two attached hydrogens (primary N) is 1. The maximum absolute atomic E-state index is 14.7. The van der Waals surface area contributed by atoms with E-state index in [0.29, 0.717) is 18.8 Å². The van der Waals surface area contributed by atoms with E-state index in [4.69, 9.17) is 17.4 Å². The molecule has 1 atom stereocenters. The van der Waals surface area contributed by atoms with Gasteiger partial charge in [0.1, 0.15) is 11.6 Å². The summed E-state index contributed by atoms with van der Waals surface area (Å²) in [5.41, 5.74) is 2.72. The van der Waals surface area contributed by atoms with Gasteiger partial charge in [-0.2, -0.15) is 0 Å². The fraction of sp³-hybridized carbons (Fsp3) is 0.350. The number of anilines is 1. The lowest BCUT2D eigenvalue weighted by Crippen LogP contribution is -2.55. The van der Waals surface area contributed by atoms with Crippen molar-refractivity contribution in [2.24, 2.45) is 5.84 Å². The normalized spacial score (nSPS) is 16.3. The Morgan fingerprint density at radius 1 is 1.20 bits per heavy atom. The number of piperazine rings is 1. The van der Waals surface area contributed by atoms with Crippen LogP contribution in [-0.4, -0.2) is 60.4 Å². The molecule has 162 valence electrons. The Bertz CT molecular complexity index is 909. The third-order valence-electron chi connectivity index (χ3n) is 5.17. The number of rotatable bonds is 6. The van der Waals surface area contributed by atoms with Gasteiger partial charge in [-0.3, -0.25) is 15.1 Å². The first kappa shape index (κ1) is 22.4. The molecular formula is C20H24ClF2N5O2. The Kier molecular flexibility index (Phi) is 7.22. The number of benzene rings is 2. The molecule has 7 nitrogen and oxygen atoms in total. The molecule has 30 heavy (non-hydrogen) atoms. The molecule has 1 heterocycles. The monoisotopic (exact) mass is 439 g/mol. The van der Waals surface area contributed by atoms with E-state index < -0.39 is 23.9 Å². The molecule has 0 bridgehead atoms. The molecule has 0 spiro atoms. The molecule has 1 fully saturated rings. The number of amides is 1. The van der Waals surface area contributed by atoms with E-state index in [2.05, 4.69) is 4.90 Å². The number of halogens is 3. The second kappa shape index (κ2) is 9.67. The van der Waals surface area contributed by atoms with Gasteiger partial charge in [0.15, 0.2) is 6.35 Å². The summed E-state index contributed by atoms with van der Waals surface area (Å²) in [5.74, 6) is 3.27. The zero-order chi connectivity index (χ0) is 21.8. The van der Waals surface area contributed by atoms with E-state index in [9.17, 15) is 18.7 Å². The molecule has 0 saturated carbocycles. The topological polar surface area (TPSA) is 85.1 Å². The molecule has 0 aliphatic carbocycles. The Hall–Kier alpha value is -2.30. The van der Waals surface area contributed by atoms with Crippen LogP contribution in [0.3, 0.4) is 0 Å². The summed E-state index contributed by atoms with van der Waals surface area (Å²) in [5, 5.41) is 11.0. The lowest BCUT2D eigenvalue weighted by Gasteiger charge is -2.41. The van der Waals surface area contributed by atoms with Gasteiger partial charge in [0.05, 0.1) is 5.02 Å². The van der Waals surface area contributed by atoms with Crippen molar-refractivity contribution in [3.05, 3.63) is 64.2 Å². The fourth-order valence-corrected chi connectivity index (χ4v) is 3.48. The predicted molar refractivity (Wildman–Crippen MR) is 111 cm³/mol. The van der Waals surface area contributed by atoms with Gasteiger partial charge in [-0.1, -0.05) is 17.7 Å². The minimum atomic E-state index is -1.08. The van der Waals surface area contributed by atoms with Crippen LogP contribution in [0.15, 0.2) is 36.4 Å². The van der Waals surface area contributed by atoms with E-state index in [0.717, 1.165) is 19.2 Å². The number of carbonyl (C=O) groups excluding carboxylic acids is 1. The van der Waals surface area contributed by atoms with Gasteiger partial charge in [-0.25, -0.2) is 14.6 Å². The van der Waals surface area contributed by atoms with Crippen LogP contribution in [-0.2, 0) is 6.54 Å². The molecule has 3 rings (SSSR count). The molecule has 1 saturated heterocycles. The summed E-state index contributed by atoms with van der Waals surface area (Å²) in [4.78, 5) is 17.2. The highest BCUT2D eigenvalue weighted by Gasteiger charge is 2.27. The maximum Gasteiger partial charge on any atom is 0.265 e. The van der Waals surface area contributed by atoms with Crippen molar-refractivity contribution in [2.75, 3.05) is 38.1 Å². The number of aliphatic hydroxyl groups is 1. The van der Waals surface area contributed by atoms with Crippen molar-refractivity contribution >= 4 is 23.2 Å². The molecule has 1 unspecified atom stereocenters. The maximum atomic E-state index is 14.7. The van der Waals surface area contributed by atoms with Gasteiger partial charge in [0.25, 0.3) is 5.91 Å². The lowest BCUT2D eigenvalue weighted by molar-refractivity contribution is -0.0237. The Morgan fingerprint density at radius 3 is 2.50 bits per heavy atom. The van der Waals surface area contributed by atoms with Crippen molar-refractivity contribution in [3.8, 4) is 0 Å². The molecule has 4 N–H and O–H groups in total. The van der Waals surface area contributed by atoms with Gasteiger partial charge >= 0.3 is 0 Å². The number of hydrogen-bond acceptors (Lipinski definition) is 6. The Morgan fingerprint density at radius 2 is 1.90 bits per heavy atom. The zero-order valence-electron chi connectivity index (χ0n) is 16.5. The molecule has 2 aromatic carbocycles. The number of likely N-dealkylation sites (N-methyl/N-ethyl adjacent to an activating group) is 1. The first-order chi connectivity index (χ1) is 14.3. The minimum absolute atomic E-state index is 0.0220. The second-order valence-corrected chi connectivity index (χ2v) is 7.60. The van der Waals surface area contributed by atoms with Gasteiger partial charge in [0, 0.05) is 49.5 Å². The largest absolute Gasteiger partial charge is 0.361 e. The average Bonchev–Trinajstić information content (AvgIpc) is 2.74. The van der Waals surface area contributed by atoms with Crippen molar-refractivity contribution in [2.45, 2.75) is 12.9 Å². The molecule has 1 aliphatic heterocycles. The van der Waals surface area contributed by atoms with Gasteiger partial charge in [0.2, 0.25) is 0 Å². The number of hydrogen-bond donors (Lipinski definition) is 3. The highest BCUT2D eigenvalue weighted by Crippen LogP contribution is 2.27. The summed E-state index contributed by atoms with van der Waals surface area (Å²) < 4.78 is 28.4. The van der Waals surface area contributed by atoms with Gasteiger partial charge < -0.3 is 14.9 Å². The molecule has 0 aromatic heterocycles. The fourth-order valence-electron chi connectivity index (χ4n) is 3.30. The number of nitrogens with one attached hydrogen (secondary N) is 1. The summed E-state index contributed by atoms with van der Waals surface area (Å²) in [7, 11) is 2.00. The minimum Gasteiger partial charge on any atom is -0.361 e. The van der Waals surface area contributed by atoms with Crippen LogP contribution in [0.1, 0.15) is 15.9 Å². The number of hydrazine groups is 1. The van der Waals surface area contributed by atoms with E-state index in [1.165, 1.54) is 35.2 Å². The molecule has 1 amide bonds. The lowest BCUT2D eigenvalue weighted by atomic mass is 10.1. The van der Waals surface area contributed by atoms with Crippen molar-refractivity contribution in [3.63, 3.8) is 0 Å². The van der Waals surface area contributed by atoms with Crippen LogP contribution in [0.25, 0.3) is 0 Å². The number of nitrogens with zero attached hydrogens (tertiary/aromatic N) is 3. The van der Waals surface area contributed by atoms with Crippen molar-refractivity contribution in [1.82, 2.24) is 15.2 Å². The Labute approximate surface area is 178 Å². The quantitative estimate of drug-likeness (QED) is 0.275. The van der Waals surface area contributed by atoms with Crippen LogP contribution < -0.4 is 16.2 Å². The van der Waals surface area contributed by atoms with Crippen LogP contribution in [0.2, 0.25) is 5.02 Å². The molecule has 2 aromatic rings. The standard InChI is InChI=1S/C20H24ClF2N5O2/c1-26-6-8-27(9-7-26)20(30)28(15-4-5-17(22)16(21)11-15)12-14-3-2-13(10-18(14)23)19(29)25-24/h2-5,10-11,20,30H,6-9,12,24H2,1H3,(H,25,29). The molecular weight excluding hydrogens is 416 g/mol. The van der Waals surface area contributed by atoms with Gasteiger partial charge in [-0.05, 0) is 37.4 Å². The zero-order valence-corrected chi connectivity index (χ0v) is 17.2. The molecule has 1 aliphatic rings. The third-order valence-corrected chi connectivity index (χ3v) is 5.45. The van der Waals surface area contributed by atoms with E-state index in [1.54, 1.807) is 0 Å².